The van der Waals surface area contributed by atoms with Crippen molar-refractivity contribution in [2.45, 2.75) is 26.1 Å². The fourth-order valence-corrected chi connectivity index (χ4v) is 2.09. The van der Waals surface area contributed by atoms with Gasteiger partial charge in [0, 0.05) is 6.54 Å². The van der Waals surface area contributed by atoms with E-state index in [2.05, 4.69) is 0 Å². The summed E-state index contributed by atoms with van der Waals surface area (Å²) in [7, 11) is 1.80. The van der Waals surface area contributed by atoms with Crippen LogP contribution in [-0.4, -0.2) is 29.1 Å². The summed E-state index contributed by atoms with van der Waals surface area (Å²) >= 11 is 0. The molecule has 1 N–H and O–H groups in total. The van der Waals surface area contributed by atoms with Crippen molar-refractivity contribution >= 4 is 5.97 Å². The van der Waals surface area contributed by atoms with Crippen LogP contribution in [0.4, 0.5) is 0 Å². The summed E-state index contributed by atoms with van der Waals surface area (Å²) < 4.78 is 5.79. The number of ether oxygens (including phenoxy) is 1. The van der Waals surface area contributed by atoms with E-state index in [0.717, 1.165) is 16.9 Å². The molecule has 0 amide bonds. The maximum atomic E-state index is 11.0. The van der Waals surface area contributed by atoms with E-state index in [9.17, 15) is 4.79 Å². The van der Waals surface area contributed by atoms with Crippen LogP contribution in [0.3, 0.4) is 0 Å². The Morgan fingerprint density at radius 2 is 1.82 bits per heavy atom. The van der Waals surface area contributed by atoms with E-state index < -0.39 is 12.0 Å². The average Bonchev–Trinajstić information content (AvgIpc) is 2.53. The minimum absolute atomic E-state index is 0.520. The van der Waals surface area contributed by atoms with E-state index in [1.165, 1.54) is 0 Å². The summed E-state index contributed by atoms with van der Waals surface area (Å²) in [6.07, 6.45) is 0. The predicted octanol–water partition coefficient (Wildman–Crippen LogP) is 3.17. The van der Waals surface area contributed by atoms with E-state index in [1.54, 1.807) is 18.9 Å². The summed E-state index contributed by atoms with van der Waals surface area (Å²) in [5, 5.41) is 9.03. The van der Waals surface area contributed by atoms with E-state index >= 15 is 0 Å². The maximum Gasteiger partial charge on any atom is 0.320 e. The van der Waals surface area contributed by atoms with Crippen LogP contribution in [-0.2, 0) is 17.9 Å². The second kappa shape index (κ2) is 7.61. The Morgan fingerprint density at radius 3 is 2.50 bits per heavy atom. The van der Waals surface area contributed by atoms with Crippen molar-refractivity contribution in [1.29, 1.82) is 0 Å². The third kappa shape index (κ3) is 4.60. The predicted molar refractivity (Wildman–Crippen MR) is 85.8 cm³/mol. The van der Waals surface area contributed by atoms with Gasteiger partial charge in [-0.15, -0.1) is 0 Å². The first-order chi connectivity index (χ1) is 10.6. The van der Waals surface area contributed by atoms with Crippen molar-refractivity contribution < 1.29 is 14.6 Å². The molecule has 0 fully saturated rings. The molecule has 0 heterocycles. The summed E-state index contributed by atoms with van der Waals surface area (Å²) in [5.41, 5.74) is 2.14. The molecule has 1 unspecified atom stereocenters. The van der Waals surface area contributed by atoms with Gasteiger partial charge in [-0.1, -0.05) is 42.5 Å². The Hall–Kier alpha value is -2.33. The van der Waals surface area contributed by atoms with Crippen molar-refractivity contribution in [3.05, 3.63) is 65.7 Å². The van der Waals surface area contributed by atoms with Gasteiger partial charge in [0.2, 0.25) is 0 Å². The number of carbonyl (C=O) groups is 1. The van der Waals surface area contributed by atoms with E-state index in [4.69, 9.17) is 9.84 Å². The summed E-state index contributed by atoms with van der Waals surface area (Å²) in [6, 6.07) is 17.2. The quantitative estimate of drug-likeness (QED) is 0.853. The van der Waals surface area contributed by atoms with Crippen molar-refractivity contribution in [3.63, 3.8) is 0 Å². The molecule has 0 radical (unpaired) electrons. The molecule has 4 nitrogen and oxygen atoms in total. The fraction of sp³-hybridized carbons (Fsp3) is 0.278. The first kappa shape index (κ1) is 16.0. The van der Waals surface area contributed by atoms with Gasteiger partial charge in [0.1, 0.15) is 18.4 Å². The zero-order valence-electron chi connectivity index (χ0n) is 12.9. The lowest BCUT2D eigenvalue weighted by atomic mass is 10.2. The third-order valence-corrected chi connectivity index (χ3v) is 3.60. The molecule has 2 rings (SSSR count). The minimum atomic E-state index is -0.820. The molecule has 0 bridgehead atoms. The van der Waals surface area contributed by atoms with Crippen LogP contribution in [0.15, 0.2) is 54.6 Å². The number of hydrogen-bond donors (Lipinski definition) is 1. The van der Waals surface area contributed by atoms with Crippen molar-refractivity contribution in [1.82, 2.24) is 4.90 Å². The molecule has 0 saturated carbocycles. The maximum absolute atomic E-state index is 11.0. The topological polar surface area (TPSA) is 49.8 Å². The Bertz CT molecular complexity index is 613. The molecule has 0 aliphatic rings. The molecular formula is C18H21NO3. The van der Waals surface area contributed by atoms with Crippen molar-refractivity contribution in [2.75, 3.05) is 7.05 Å². The molecule has 0 spiro atoms. The Labute approximate surface area is 131 Å². The van der Waals surface area contributed by atoms with Crippen molar-refractivity contribution in [3.8, 4) is 5.75 Å². The summed E-state index contributed by atoms with van der Waals surface area (Å²) in [4.78, 5) is 12.8. The van der Waals surface area contributed by atoms with E-state index in [-0.39, 0.29) is 0 Å². The van der Waals surface area contributed by atoms with Crippen LogP contribution in [0.1, 0.15) is 18.1 Å². The number of rotatable bonds is 7. The van der Waals surface area contributed by atoms with Crippen LogP contribution < -0.4 is 4.74 Å². The molecule has 0 saturated heterocycles. The van der Waals surface area contributed by atoms with Gasteiger partial charge >= 0.3 is 5.97 Å². The third-order valence-electron chi connectivity index (χ3n) is 3.60. The zero-order chi connectivity index (χ0) is 15.9. The van der Waals surface area contributed by atoms with Gasteiger partial charge in [-0.3, -0.25) is 9.69 Å². The lowest BCUT2D eigenvalue weighted by molar-refractivity contribution is -0.142. The van der Waals surface area contributed by atoms with E-state index in [1.807, 2.05) is 54.6 Å². The molecule has 0 aliphatic carbocycles. The number of likely N-dealkylation sites (N-methyl/N-ethyl adjacent to an activating group) is 1. The summed E-state index contributed by atoms with van der Waals surface area (Å²) in [6.45, 7) is 2.76. The number of aliphatic carboxylic acids is 1. The highest BCUT2D eigenvalue weighted by Gasteiger charge is 2.16. The second-order valence-corrected chi connectivity index (χ2v) is 5.35. The number of hydrogen-bond acceptors (Lipinski definition) is 3. The van der Waals surface area contributed by atoms with Crippen LogP contribution in [0.5, 0.6) is 5.75 Å². The molecule has 0 aliphatic heterocycles. The Morgan fingerprint density at radius 1 is 1.14 bits per heavy atom. The number of carboxylic acids is 1. The lowest BCUT2D eigenvalue weighted by Gasteiger charge is -2.21. The average molecular weight is 299 g/mol. The lowest BCUT2D eigenvalue weighted by Crippen LogP contribution is -2.35. The number of nitrogens with zero attached hydrogens (tertiary/aromatic N) is 1. The summed E-state index contributed by atoms with van der Waals surface area (Å²) in [5.74, 6) is -0.0308. The zero-order valence-corrected chi connectivity index (χ0v) is 12.9. The number of benzene rings is 2. The molecule has 0 aromatic heterocycles. The number of carboxylic acid groups (broad SMARTS) is 1. The molecule has 1 atom stereocenters. The highest BCUT2D eigenvalue weighted by atomic mass is 16.5. The minimum Gasteiger partial charge on any atom is -0.489 e. The molecule has 2 aromatic carbocycles. The molecular weight excluding hydrogens is 278 g/mol. The SMILES string of the molecule is CC(C(=O)O)N(C)Cc1cccc(OCc2ccccc2)c1. The van der Waals surface area contributed by atoms with Gasteiger partial charge in [0.05, 0.1) is 0 Å². The highest BCUT2D eigenvalue weighted by molar-refractivity contribution is 5.72. The molecule has 4 heteroatoms. The first-order valence-electron chi connectivity index (χ1n) is 7.25. The van der Waals surface area contributed by atoms with E-state index in [0.29, 0.717) is 13.2 Å². The standard InChI is InChI=1S/C18H21NO3/c1-14(18(20)21)19(2)12-16-9-6-10-17(11-16)22-13-15-7-4-3-5-8-15/h3-11,14H,12-13H2,1-2H3,(H,20,21). The smallest absolute Gasteiger partial charge is 0.320 e. The van der Waals surface area contributed by atoms with Gasteiger partial charge in [-0.25, -0.2) is 0 Å². The normalized spacial score (nSPS) is 12.1. The largest absolute Gasteiger partial charge is 0.489 e. The van der Waals surface area contributed by atoms with Gasteiger partial charge < -0.3 is 9.84 Å². The Kier molecular flexibility index (Phi) is 5.55. The molecule has 22 heavy (non-hydrogen) atoms. The van der Waals surface area contributed by atoms with Crippen LogP contribution in [0, 0.1) is 0 Å². The monoisotopic (exact) mass is 299 g/mol. The van der Waals surface area contributed by atoms with Crippen molar-refractivity contribution in [2.24, 2.45) is 0 Å². The Balaban J connectivity index is 1.96. The fourth-order valence-electron chi connectivity index (χ4n) is 2.09. The van der Waals surface area contributed by atoms with Gasteiger partial charge in [0.15, 0.2) is 0 Å². The highest BCUT2D eigenvalue weighted by Crippen LogP contribution is 2.17. The van der Waals surface area contributed by atoms with Crippen LogP contribution >= 0.6 is 0 Å². The van der Waals surface area contributed by atoms with Gasteiger partial charge in [0.25, 0.3) is 0 Å². The first-order valence-corrected chi connectivity index (χ1v) is 7.25. The van der Waals surface area contributed by atoms with Gasteiger partial charge in [-0.2, -0.15) is 0 Å². The second-order valence-electron chi connectivity index (χ2n) is 5.35. The van der Waals surface area contributed by atoms with Crippen LogP contribution in [0.25, 0.3) is 0 Å². The van der Waals surface area contributed by atoms with Gasteiger partial charge in [-0.05, 0) is 37.2 Å². The van der Waals surface area contributed by atoms with Crippen LogP contribution in [0.2, 0.25) is 0 Å². The molecule has 116 valence electrons. The molecule has 2 aromatic rings.